The first-order chi connectivity index (χ1) is 12.3. The van der Waals surface area contributed by atoms with Crippen LogP contribution in [-0.2, 0) is 4.79 Å². The standard InChI is InChI=1S/C19H23N5O2/c1-10-4-5-24(10)14-7-13-11(8-21-14)6-12(17(20)25)16(23-13)15-18(26)22-9-19(15,2)3/h6-8,10,15H,4-5,9H2,1-3H3,(H2,20,25)(H,22,26)/t10-,15-/m0/s1. The van der Waals surface area contributed by atoms with Gasteiger partial charge < -0.3 is 16.0 Å². The third-order valence-corrected chi connectivity index (χ3v) is 5.63. The molecule has 136 valence electrons. The first kappa shape index (κ1) is 16.8. The van der Waals surface area contributed by atoms with Crippen LogP contribution < -0.4 is 16.0 Å². The summed E-state index contributed by atoms with van der Waals surface area (Å²) in [6.45, 7) is 7.67. The van der Waals surface area contributed by atoms with Crippen LogP contribution in [0.25, 0.3) is 10.9 Å². The average Bonchev–Trinajstić information content (AvgIpc) is 2.85. The van der Waals surface area contributed by atoms with Gasteiger partial charge in [0.2, 0.25) is 5.91 Å². The number of carbonyl (C=O) groups excluding carboxylic acids is 2. The van der Waals surface area contributed by atoms with Gasteiger partial charge in [0.05, 0.1) is 22.7 Å². The Labute approximate surface area is 152 Å². The van der Waals surface area contributed by atoms with Crippen LogP contribution in [0.15, 0.2) is 18.3 Å². The summed E-state index contributed by atoms with van der Waals surface area (Å²) in [7, 11) is 0. The average molecular weight is 353 g/mol. The van der Waals surface area contributed by atoms with E-state index in [1.54, 1.807) is 12.3 Å². The molecule has 0 bridgehead atoms. The van der Waals surface area contributed by atoms with E-state index in [1.165, 1.54) is 0 Å². The molecule has 2 atom stereocenters. The zero-order valence-corrected chi connectivity index (χ0v) is 15.2. The maximum absolute atomic E-state index is 12.5. The molecule has 2 aliphatic rings. The van der Waals surface area contributed by atoms with Gasteiger partial charge in [0.25, 0.3) is 5.91 Å². The number of carbonyl (C=O) groups is 2. The fourth-order valence-electron chi connectivity index (χ4n) is 3.87. The molecule has 0 aliphatic carbocycles. The van der Waals surface area contributed by atoms with Crippen molar-refractivity contribution in [2.45, 2.75) is 39.2 Å². The Bertz CT molecular complexity index is 924. The lowest BCUT2D eigenvalue weighted by atomic mass is 9.78. The normalized spacial score (nSPS) is 24.4. The zero-order chi connectivity index (χ0) is 18.6. The summed E-state index contributed by atoms with van der Waals surface area (Å²) in [5.41, 5.74) is 6.73. The molecule has 7 heteroatoms. The Balaban J connectivity index is 1.88. The lowest BCUT2D eigenvalue weighted by Crippen LogP contribution is -2.46. The highest BCUT2D eigenvalue weighted by atomic mass is 16.2. The van der Waals surface area contributed by atoms with E-state index < -0.39 is 11.8 Å². The molecular weight excluding hydrogens is 330 g/mol. The molecule has 26 heavy (non-hydrogen) atoms. The second kappa shape index (κ2) is 5.65. The summed E-state index contributed by atoms with van der Waals surface area (Å²) in [4.78, 5) is 35.9. The van der Waals surface area contributed by atoms with Gasteiger partial charge in [-0.25, -0.2) is 4.98 Å². The Morgan fingerprint density at radius 3 is 2.69 bits per heavy atom. The number of hydrogen-bond acceptors (Lipinski definition) is 5. The highest BCUT2D eigenvalue weighted by molar-refractivity contribution is 6.00. The molecule has 4 rings (SSSR count). The third-order valence-electron chi connectivity index (χ3n) is 5.63. The van der Waals surface area contributed by atoms with Gasteiger partial charge in [-0.15, -0.1) is 0 Å². The van der Waals surface area contributed by atoms with Crippen LogP contribution in [-0.4, -0.2) is 40.9 Å². The summed E-state index contributed by atoms with van der Waals surface area (Å²) in [5.74, 6) is -0.328. The number of nitrogens with one attached hydrogen (secondary N) is 1. The van der Waals surface area contributed by atoms with Crippen molar-refractivity contribution < 1.29 is 9.59 Å². The number of anilines is 1. The lowest BCUT2D eigenvalue weighted by Gasteiger charge is -2.39. The van der Waals surface area contributed by atoms with E-state index in [9.17, 15) is 9.59 Å². The van der Waals surface area contributed by atoms with Crippen molar-refractivity contribution in [2.24, 2.45) is 11.1 Å². The highest BCUT2D eigenvalue weighted by Crippen LogP contribution is 2.40. The molecule has 0 unspecified atom stereocenters. The van der Waals surface area contributed by atoms with E-state index in [0.29, 0.717) is 23.8 Å². The minimum absolute atomic E-state index is 0.116. The number of rotatable bonds is 3. The molecule has 0 spiro atoms. The Hall–Kier alpha value is -2.70. The lowest BCUT2D eigenvalue weighted by molar-refractivity contribution is -0.121. The number of nitrogens with two attached hydrogens (primary N) is 1. The van der Waals surface area contributed by atoms with E-state index >= 15 is 0 Å². The number of aromatic nitrogens is 2. The van der Waals surface area contributed by atoms with Gasteiger partial charge in [0.15, 0.2) is 0 Å². The summed E-state index contributed by atoms with van der Waals surface area (Å²) >= 11 is 0. The fraction of sp³-hybridized carbons (Fsp3) is 0.474. The first-order valence-electron chi connectivity index (χ1n) is 8.93. The Morgan fingerprint density at radius 1 is 1.38 bits per heavy atom. The number of hydrogen-bond donors (Lipinski definition) is 2. The molecule has 2 amide bonds. The summed E-state index contributed by atoms with van der Waals surface area (Å²) in [5, 5.41) is 3.62. The molecule has 2 saturated heterocycles. The molecule has 0 aromatic carbocycles. The van der Waals surface area contributed by atoms with Gasteiger partial charge in [0.1, 0.15) is 5.82 Å². The molecular formula is C19H23N5O2. The van der Waals surface area contributed by atoms with Gasteiger partial charge in [0, 0.05) is 36.8 Å². The third kappa shape index (κ3) is 2.50. The quantitative estimate of drug-likeness (QED) is 0.872. The number of primary amides is 1. The molecule has 2 aromatic heterocycles. The number of nitrogens with zero attached hydrogens (tertiary/aromatic N) is 3. The van der Waals surface area contributed by atoms with Crippen LogP contribution in [0.5, 0.6) is 0 Å². The van der Waals surface area contributed by atoms with E-state index in [-0.39, 0.29) is 11.3 Å². The monoisotopic (exact) mass is 353 g/mol. The summed E-state index contributed by atoms with van der Waals surface area (Å²) in [6.07, 6.45) is 2.87. The van der Waals surface area contributed by atoms with E-state index in [2.05, 4.69) is 22.1 Å². The first-order valence-corrected chi connectivity index (χ1v) is 8.93. The van der Waals surface area contributed by atoms with Crippen molar-refractivity contribution in [3.63, 3.8) is 0 Å². The molecule has 3 N–H and O–H groups in total. The minimum Gasteiger partial charge on any atom is -0.366 e. The van der Waals surface area contributed by atoms with E-state index in [0.717, 1.165) is 29.7 Å². The van der Waals surface area contributed by atoms with Crippen LogP contribution in [0.1, 0.15) is 49.2 Å². The van der Waals surface area contributed by atoms with Gasteiger partial charge in [-0.2, -0.15) is 0 Å². The van der Waals surface area contributed by atoms with Crippen LogP contribution >= 0.6 is 0 Å². The van der Waals surface area contributed by atoms with Gasteiger partial charge >= 0.3 is 0 Å². The van der Waals surface area contributed by atoms with E-state index in [4.69, 9.17) is 10.7 Å². The highest BCUT2D eigenvalue weighted by Gasteiger charge is 2.44. The second-order valence-corrected chi connectivity index (χ2v) is 7.99. The maximum atomic E-state index is 12.5. The molecule has 4 heterocycles. The smallest absolute Gasteiger partial charge is 0.250 e. The largest absolute Gasteiger partial charge is 0.366 e. The maximum Gasteiger partial charge on any atom is 0.250 e. The Kier molecular flexibility index (Phi) is 3.64. The van der Waals surface area contributed by atoms with Gasteiger partial charge in [-0.1, -0.05) is 13.8 Å². The Morgan fingerprint density at radius 2 is 2.15 bits per heavy atom. The van der Waals surface area contributed by atoms with Crippen LogP contribution in [0.2, 0.25) is 0 Å². The molecule has 7 nitrogen and oxygen atoms in total. The zero-order valence-electron chi connectivity index (χ0n) is 15.2. The van der Waals surface area contributed by atoms with Crippen molar-refractivity contribution in [2.75, 3.05) is 18.0 Å². The van der Waals surface area contributed by atoms with Crippen molar-refractivity contribution >= 4 is 28.5 Å². The fourth-order valence-corrected chi connectivity index (χ4v) is 3.87. The molecule has 2 fully saturated rings. The molecule has 2 aliphatic heterocycles. The van der Waals surface area contributed by atoms with Crippen molar-refractivity contribution in [1.82, 2.24) is 15.3 Å². The molecule has 0 saturated carbocycles. The number of pyridine rings is 2. The van der Waals surface area contributed by atoms with E-state index in [1.807, 2.05) is 19.9 Å². The van der Waals surface area contributed by atoms with Gasteiger partial charge in [-0.05, 0) is 24.8 Å². The van der Waals surface area contributed by atoms with Crippen molar-refractivity contribution in [3.8, 4) is 0 Å². The van der Waals surface area contributed by atoms with Gasteiger partial charge in [-0.3, -0.25) is 14.6 Å². The van der Waals surface area contributed by atoms with Crippen LogP contribution in [0, 0.1) is 5.41 Å². The number of fused-ring (bicyclic) bond motifs is 1. The summed E-state index contributed by atoms with van der Waals surface area (Å²) < 4.78 is 0. The molecule has 0 radical (unpaired) electrons. The predicted molar refractivity (Wildman–Crippen MR) is 99.0 cm³/mol. The van der Waals surface area contributed by atoms with Crippen LogP contribution in [0.3, 0.4) is 0 Å². The second-order valence-electron chi connectivity index (χ2n) is 7.99. The van der Waals surface area contributed by atoms with Crippen molar-refractivity contribution in [3.05, 3.63) is 29.6 Å². The van der Waals surface area contributed by atoms with Crippen LogP contribution in [0.4, 0.5) is 5.82 Å². The topological polar surface area (TPSA) is 101 Å². The molecule has 2 aromatic rings. The predicted octanol–water partition coefficient (Wildman–Crippen LogP) is 1.57. The summed E-state index contributed by atoms with van der Waals surface area (Å²) in [6, 6.07) is 4.10. The minimum atomic E-state index is -0.578. The van der Waals surface area contributed by atoms with Crippen molar-refractivity contribution in [1.29, 1.82) is 0 Å². The number of amides is 2. The SMILES string of the molecule is C[C@H]1CCN1c1cc2nc([C@H]3C(=O)NCC3(C)C)c(C(N)=O)cc2cn1.